The summed E-state index contributed by atoms with van der Waals surface area (Å²) in [5.41, 5.74) is 0. The van der Waals surface area contributed by atoms with Crippen LogP contribution in [-0.2, 0) is 12.3 Å². The van der Waals surface area contributed by atoms with E-state index in [9.17, 15) is 0 Å². The average Bonchev–Trinajstić information content (AvgIpc) is 2.65. The second-order valence-electron chi connectivity index (χ2n) is 5.39. The van der Waals surface area contributed by atoms with Gasteiger partial charge in [0.2, 0.25) is 5.89 Å². The van der Waals surface area contributed by atoms with Gasteiger partial charge in [0.05, 0.1) is 12.3 Å². The molecule has 1 N–H and O–H groups in total. The zero-order valence-electron chi connectivity index (χ0n) is 11.9. The van der Waals surface area contributed by atoms with E-state index in [4.69, 9.17) is 4.52 Å². The molecule has 1 saturated heterocycles. The Hall–Kier alpha value is -0.590. The second-order valence-corrected chi connectivity index (χ2v) is 6.42. The number of hydrogen-bond acceptors (Lipinski definition) is 6. The Balaban J connectivity index is 1.76. The van der Waals surface area contributed by atoms with Crippen LogP contribution in [0.3, 0.4) is 0 Å². The summed E-state index contributed by atoms with van der Waals surface area (Å²) in [6, 6.07) is 0. The molecule has 0 spiro atoms. The van der Waals surface area contributed by atoms with E-state index < -0.39 is 0 Å². The maximum Gasteiger partial charge on any atom is 0.240 e. The fraction of sp³-hybridized carbons (Fsp3) is 0.846. The third-order valence-corrected chi connectivity index (χ3v) is 4.35. The van der Waals surface area contributed by atoms with Crippen molar-refractivity contribution in [2.75, 3.05) is 31.9 Å². The van der Waals surface area contributed by atoms with Crippen LogP contribution in [0.5, 0.6) is 0 Å². The van der Waals surface area contributed by atoms with Gasteiger partial charge in [0.1, 0.15) is 0 Å². The summed E-state index contributed by atoms with van der Waals surface area (Å²) in [5.74, 6) is 4.28. The molecule has 0 atom stereocenters. The summed E-state index contributed by atoms with van der Waals surface area (Å²) < 4.78 is 5.33. The van der Waals surface area contributed by atoms with E-state index >= 15 is 0 Å². The summed E-state index contributed by atoms with van der Waals surface area (Å²) in [6.45, 7) is 9.54. The molecule has 2 heterocycles. The van der Waals surface area contributed by atoms with Crippen molar-refractivity contribution in [2.45, 2.75) is 32.6 Å². The number of aromatic nitrogens is 2. The van der Waals surface area contributed by atoms with Crippen molar-refractivity contribution in [3.05, 3.63) is 11.7 Å². The zero-order chi connectivity index (χ0) is 13.5. The standard InChI is InChI=1S/C13H24N4OS/c1-11(2)9-19-10-12-15-13(18-16-12)8-17-6-3-4-14-5-7-17/h11,14H,3-10H2,1-2H3. The van der Waals surface area contributed by atoms with Crippen molar-refractivity contribution >= 4 is 11.8 Å². The summed E-state index contributed by atoms with van der Waals surface area (Å²) >= 11 is 1.87. The van der Waals surface area contributed by atoms with Gasteiger partial charge in [0.25, 0.3) is 0 Å². The first-order valence-electron chi connectivity index (χ1n) is 7.06. The molecule has 0 aliphatic carbocycles. The van der Waals surface area contributed by atoms with Crippen molar-refractivity contribution in [2.24, 2.45) is 5.92 Å². The van der Waals surface area contributed by atoms with Gasteiger partial charge in [-0.1, -0.05) is 19.0 Å². The Labute approximate surface area is 119 Å². The molecule has 0 unspecified atom stereocenters. The van der Waals surface area contributed by atoms with Crippen LogP contribution < -0.4 is 5.32 Å². The van der Waals surface area contributed by atoms with Crippen molar-refractivity contribution < 1.29 is 4.52 Å². The van der Waals surface area contributed by atoms with Crippen molar-refractivity contribution in [3.8, 4) is 0 Å². The lowest BCUT2D eigenvalue weighted by Gasteiger charge is -2.16. The highest BCUT2D eigenvalue weighted by molar-refractivity contribution is 7.98. The largest absolute Gasteiger partial charge is 0.338 e. The molecular weight excluding hydrogens is 260 g/mol. The molecule has 108 valence electrons. The number of nitrogens with zero attached hydrogens (tertiary/aromatic N) is 3. The van der Waals surface area contributed by atoms with Crippen LogP contribution in [0.4, 0.5) is 0 Å². The molecule has 5 nitrogen and oxygen atoms in total. The van der Waals surface area contributed by atoms with Gasteiger partial charge in [-0.3, -0.25) is 4.90 Å². The molecule has 1 aliphatic heterocycles. The van der Waals surface area contributed by atoms with Gasteiger partial charge in [-0.15, -0.1) is 0 Å². The molecule has 0 amide bonds. The number of thioether (sulfide) groups is 1. The van der Waals surface area contributed by atoms with Crippen LogP contribution in [0.2, 0.25) is 0 Å². The maximum absolute atomic E-state index is 5.33. The predicted molar refractivity (Wildman–Crippen MR) is 78.1 cm³/mol. The lowest BCUT2D eigenvalue weighted by Crippen LogP contribution is -2.27. The normalized spacial score (nSPS) is 17.8. The molecule has 6 heteroatoms. The first-order chi connectivity index (χ1) is 9.24. The fourth-order valence-electron chi connectivity index (χ4n) is 2.05. The molecule has 2 rings (SSSR count). The summed E-state index contributed by atoms with van der Waals surface area (Å²) in [5, 5.41) is 7.45. The van der Waals surface area contributed by atoms with E-state index in [1.807, 2.05) is 11.8 Å². The van der Waals surface area contributed by atoms with Gasteiger partial charge < -0.3 is 9.84 Å². The van der Waals surface area contributed by atoms with E-state index in [2.05, 4.69) is 34.2 Å². The van der Waals surface area contributed by atoms with E-state index in [0.717, 1.165) is 55.9 Å². The third-order valence-electron chi connectivity index (χ3n) is 2.98. The number of nitrogens with one attached hydrogen (secondary N) is 1. The van der Waals surface area contributed by atoms with Crippen LogP contribution in [0, 0.1) is 5.92 Å². The summed E-state index contributed by atoms with van der Waals surface area (Å²) in [6.07, 6.45) is 1.19. The zero-order valence-corrected chi connectivity index (χ0v) is 12.7. The first kappa shape index (κ1) is 14.8. The minimum Gasteiger partial charge on any atom is -0.338 e. The van der Waals surface area contributed by atoms with Crippen LogP contribution in [0.1, 0.15) is 32.0 Å². The Morgan fingerprint density at radius 3 is 3.11 bits per heavy atom. The quantitative estimate of drug-likeness (QED) is 0.859. The minimum atomic E-state index is 0.709. The Kier molecular flexibility index (Phi) is 6.13. The first-order valence-corrected chi connectivity index (χ1v) is 8.22. The highest BCUT2D eigenvalue weighted by atomic mass is 32.2. The molecular formula is C13H24N4OS. The minimum absolute atomic E-state index is 0.709. The van der Waals surface area contributed by atoms with E-state index in [1.165, 1.54) is 6.42 Å². The molecule has 1 aliphatic rings. The predicted octanol–water partition coefficient (Wildman–Crippen LogP) is 1.75. The van der Waals surface area contributed by atoms with Crippen molar-refractivity contribution in [3.63, 3.8) is 0 Å². The van der Waals surface area contributed by atoms with E-state index in [1.54, 1.807) is 0 Å². The van der Waals surface area contributed by atoms with E-state index in [0.29, 0.717) is 5.92 Å². The Morgan fingerprint density at radius 2 is 2.26 bits per heavy atom. The molecule has 0 saturated carbocycles. The lowest BCUT2D eigenvalue weighted by atomic mass is 10.3. The highest BCUT2D eigenvalue weighted by Gasteiger charge is 2.13. The molecule has 1 fully saturated rings. The third kappa shape index (κ3) is 5.50. The maximum atomic E-state index is 5.33. The number of rotatable bonds is 6. The molecule has 0 radical (unpaired) electrons. The topological polar surface area (TPSA) is 54.2 Å². The van der Waals surface area contributed by atoms with Gasteiger partial charge >= 0.3 is 0 Å². The Bertz CT molecular complexity index is 361. The summed E-state index contributed by atoms with van der Waals surface area (Å²) in [7, 11) is 0. The number of hydrogen-bond donors (Lipinski definition) is 1. The lowest BCUT2D eigenvalue weighted by molar-refractivity contribution is 0.238. The molecule has 1 aromatic heterocycles. The SMILES string of the molecule is CC(C)CSCc1noc(CN2CCCNCC2)n1. The Morgan fingerprint density at radius 1 is 1.37 bits per heavy atom. The van der Waals surface area contributed by atoms with E-state index in [-0.39, 0.29) is 0 Å². The molecule has 0 aromatic carbocycles. The van der Waals surface area contributed by atoms with Crippen LogP contribution >= 0.6 is 11.8 Å². The van der Waals surface area contributed by atoms with Gasteiger partial charge in [-0.2, -0.15) is 16.7 Å². The summed E-state index contributed by atoms with van der Waals surface area (Å²) in [4.78, 5) is 6.84. The smallest absolute Gasteiger partial charge is 0.240 e. The van der Waals surface area contributed by atoms with Crippen LogP contribution in [0.15, 0.2) is 4.52 Å². The monoisotopic (exact) mass is 284 g/mol. The van der Waals surface area contributed by atoms with Crippen molar-refractivity contribution in [1.82, 2.24) is 20.4 Å². The van der Waals surface area contributed by atoms with Gasteiger partial charge in [-0.25, -0.2) is 0 Å². The van der Waals surface area contributed by atoms with Gasteiger partial charge in [0.15, 0.2) is 5.82 Å². The van der Waals surface area contributed by atoms with Crippen molar-refractivity contribution in [1.29, 1.82) is 0 Å². The van der Waals surface area contributed by atoms with Gasteiger partial charge in [-0.05, 0) is 31.2 Å². The average molecular weight is 284 g/mol. The van der Waals surface area contributed by atoms with Gasteiger partial charge in [0, 0.05) is 13.1 Å². The molecule has 1 aromatic rings. The van der Waals surface area contributed by atoms with Crippen LogP contribution in [0.25, 0.3) is 0 Å². The fourth-order valence-corrected chi connectivity index (χ4v) is 2.94. The second kappa shape index (κ2) is 7.87. The highest BCUT2D eigenvalue weighted by Crippen LogP contribution is 2.13. The molecule has 19 heavy (non-hydrogen) atoms. The molecule has 0 bridgehead atoms. The van der Waals surface area contributed by atoms with Crippen LogP contribution in [-0.4, -0.2) is 47.0 Å².